The number of nitrogens with one attached hydrogen (secondary N) is 3. The van der Waals surface area contributed by atoms with Crippen molar-refractivity contribution in [3.8, 4) is 0 Å². The maximum absolute atomic E-state index is 12.3. The maximum atomic E-state index is 12.3. The van der Waals surface area contributed by atoms with Crippen molar-refractivity contribution >= 4 is 15.9 Å². The number of hydrogen-bond donors (Lipinski definition) is 3. The number of aryl methyl sites for hydroxylation is 1. The number of hydrogen-bond acceptors (Lipinski definition) is 6. The van der Waals surface area contributed by atoms with Crippen LogP contribution in [0.5, 0.6) is 0 Å². The quantitative estimate of drug-likeness (QED) is 0.724. The van der Waals surface area contributed by atoms with Gasteiger partial charge in [0, 0.05) is 11.8 Å². The number of nitrogens with zero attached hydrogens (tertiary/aromatic N) is 1. The highest BCUT2D eigenvalue weighted by Crippen LogP contribution is 2.31. The van der Waals surface area contributed by atoms with Gasteiger partial charge >= 0.3 is 5.69 Å². The largest absolute Gasteiger partial charge is 0.337 e. The fourth-order valence-electron chi connectivity index (χ4n) is 2.44. The van der Waals surface area contributed by atoms with Gasteiger partial charge in [0.2, 0.25) is 5.88 Å². The molecule has 2 aromatic rings. The number of aromatic amines is 2. The Morgan fingerprint density at radius 3 is 2.91 bits per heavy atom. The molecule has 1 aliphatic rings. The van der Waals surface area contributed by atoms with Crippen molar-refractivity contribution in [2.75, 3.05) is 4.72 Å². The van der Waals surface area contributed by atoms with Crippen molar-refractivity contribution in [1.29, 1.82) is 0 Å². The fraction of sp³-hybridized carbons (Fsp3) is 0.417. The number of H-pyrrole nitrogens is 2. The molecule has 2 heterocycles. The van der Waals surface area contributed by atoms with E-state index >= 15 is 0 Å². The molecular weight excluding hydrogens is 312 g/mol. The molecule has 118 valence electrons. The Kier molecular flexibility index (Phi) is 3.39. The molecule has 3 N–H and O–H groups in total. The van der Waals surface area contributed by atoms with Crippen LogP contribution in [-0.2, 0) is 22.9 Å². The van der Waals surface area contributed by atoms with Crippen molar-refractivity contribution in [3.63, 3.8) is 0 Å². The van der Waals surface area contributed by atoms with E-state index in [2.05, 4.69) is 21.8 Å². The first kappa shape index (κ1) is 14.6. The van der Waals surface area contributed by atoms with E-state index in [1.54, 1.807) is 0 Å². The fourth-order valence-corrected chi connectivity index (χ4v) is 3.46. The van der Waals surface area contributed by atoms with E-state index in [1.165, 1.54) is 0 Å². The van der Waals surface area contributed by atoms with Crippen molar-refractivity contribution in [1.82, 2.24) is 15.1 Å². The van der Waals surface area contributed by atoms with Gasteiger partial charge in [-0.05, 0) is 25.2 Å². The van der Waals surface area contributed by atoms with Gasteiger partial charge in [0.25, 0.3) is 15.6 Å². The number of aromatic nitrogens is 3. The predicted molar refractivity (Wildman–Crippen MR) is 76.2 cm³/mol. The van der Waals surface area contributed by atoms with Crippen LogP contribution < -0.4 is 16.0 Å². The molecule has 0 fully saturated rings. The smallest absolute Gasteiger partial charge is 0.325 e. The Hall–Kier alpha value is -2.36. The summed E-state index contributed by atoms with van der Waals surface area (Å²) in [6.07, 6.45) is 3.18. The standard InChI is InChI=1S/C12H14N4O5S/c1-6-2-3-8-7(4-6)11(21-15-8)16-22(19,20)9-5-13-12(18)14-10(9)17/h5-6,16H,2-4H2,1H3,(H2,13,14,17,18). The van der Waals surface area contributed by atoms with Gasteiger partial charge in [0.15, 0.2) is 4.90 Å². The first-order chi connectivity index (χ1) is 10.4. The minimum atomic E-state index is -4.18. The molecule has 2 aromatic heterocycles. The van der Waals surface area contributed by atoms with Crippen molar-refractivity contribution in [3.05, 3.63) is 38.3 Å². The average molecular weight is 326 g/mol. The third kappa shape index (κ3) is 2.56. The van der Waals surface area contributed by atoms with Crippen LogP contribution in [0.4, 0.5) is 5.88 Å². The zero-order valence-corrected chi connectivity index (χ0v) is 12.5. The van der Waals surface area contributed by atoms with Gasteiger partial charge in [0.05, 0.1) is 5.69 Å². The summed E-state index contributed by atoms with van der Waals surface area (Å²) in [5, 5.41) is 3.86. The number of sulfonamides is 1. The van der Waals surface area contributed by atoms with E-state index < -0.39 is 26.2 Å². The zero-order chi connectivity index (χ0) is 15.9. The van der Waals surface area contributed by atoms with Crippen molar-refractivity contribution < 1.29 is 12.9 Å². The van der Waals surface area contributed by atoms with Gasteiger partial charge in [-0.3, -0.25) is 9.78 Å². The van der Waals surface area contributed by atoms with Crippen LogP contribution in [0.2, 0.25) is 0 Å². The molecule has 0 amide bonds. The van der Waals surface area contributed by atoms with Gasteiger partial charge in [-0.15, -0.1) is 0 Å². The van der Waals surface area contributed by atoms with E-state index in [4.69, 9.17) is 4.52 Å². The minimum absolute atomic E-state index is 0.0205. The maximum Gasteiger partial charge on any atom is 0.325 e. The second-order valence-electron chi connectivity index (χ2n) is 5.33. The molecule has 3 rings (SSSR count). The van der Waals surface area contributed by atoms with Crippen LogP contribution in [0.25, 0.3) is 0 Å². The molecule has 1 unspecified atom stereocenters. The molecule has 0 aliphatic heterocycles. The normalized spacial score (nSPS) is 18.0. The van der Waals surface area contributed by atoms with Crippen molar-refractivity contribution in [2.24, 2.45) is 5.92 Å². The molecule has 22 heavy (non-hydrogen) atoms. The first-order valence-electron chi connectivity index (χ1n) is 6.69. The number of anilines is 1. The SMILES string of the molecule is CC1CCc2noc(NS(=O)(=O)c3c[nH]c(=O)[nH]c3=O)c2C1. The van der Waals surface area contributed by atoms with E-state index in [-0.39, 0.29) is 5.88 Å². The lowest BCUT2D eigenvalue weighted by molar-refractivity contribution is 0.423. The third-order valence-electron chi connectivity index (χ3n) is 3.60. The van der Waals surface area contributed by atoms with Gasteiger partial charge in [-0.1, -0.05) is 12.1 Å². The Balaban J connectivity index is 1.97. The van der Waals surface area contributed by atoms with Crippen LogP contribution >= 0.6 is 0 Å². The van der Waals surface area contributed by atoms with Crippen LogP contribution in [-0.4, -0.2) is 23.5 Å². The summed E-state index contributed by atoms with van der Waals surface area (Å²) >= 11 is 0. The summed E-state index contributed by atoms with van der Waals surface area (Å²) in [5.41, 5.74) is -0.345. The highest BCUT2D eigenvalue weighted by atomic mass is 32.2. The molecule has 0 saturated carbocycles. The molecule has 0 aromatic carbocycles. The predicted octanol–water partition coefficient (Wildman–Crippen LogP) is -0.0232. The van der Waals surface area contributed by atoms with Gasteiger partial charge in [-0.25, -0.2) is 17.9 Å². The monoisotopic (exact) mass is 326 g/mol. The third-order valence-corrected chi connectivity index (χ3v) is 4.93. The van der Waals surface area contributed by atoms with Crippen LogP contribution in [0, 0.1) is 5.92 Å². The Bertz CT molecular complexity index is 923. The minimum Gasteiger partial charge on any atom is -0.337 e. The molecule has 0 spiro atoms. The highest BCUT2D eigenvalue weighted by molar-refractivity contribution is 7.92. The molecule has 1 atom stereocenters. The molecule has 0 bridgehead atoms. The number of rotatable bonds is 3. The van der Waals surface area contributed by atoms with Gasteiger partial charge < -0.3 is 9.51 Å². The second-order valence-corrected chi connectivity index (χ2v) is 6.98. The summed E-state index contributed by atoms with van der Waals surface area (Å²) in [6, 6.07) is 0. The Morgan fingerprint density at radius 1 is 1.41 bits per heavy atom. The molecular formula is C12H14N4O5S. The summed E-state index contributed by atoms with van der Waals surface area (Å²) in [6.45, 7) is 2.06. The van der Waals surface area contributed by atoms with Gasteiger partial charge in [0.1, 0.15) is 0 Å². The van der Waals surface area contributed by atoms with E-state index in [0.717, 1.165) is 24.7 Å². The van der Waals surface area contributed by atoms with Crippen LogP contribution in [0.15, 0.2) is 25.2 Å². The molecule has 0 saturated heterocycles. The second kappa shape index (κ2) is 5.13. The van der Waals surface area contributed by atoms with Crippen molar-refractivity contribution in [2.45, 2.75) is 31.1 Å². The lowest BCUT2D eigenvalue weighted by Gasteiger charge is -2.16. The molecule has 1 aliphatic carbocycles. The lowest BCUT2D eigenvalue weighted by Crippen LogP contribution is -2.29. The van der Waals surface area contributed by atoms with Crippen LogP contribution in [0.1, 0.15) is 24.6 Å². The summed E-state index contributed by atoms with van der Waals surface area (Å²) < 4.78 is 31.8. The average Bonchev–Trinajstić information content (AvgIpc) is 2.80. The summed E-state index contributed by atoms with van der Waals surface area (Å²) in [7, 11) is -4.18. The van der Waals surface area contributed by atoms with E-state index in [0.29, 0.717) is 17.9 Å². The highest BCUT2D eigenvalue weighted by Gasteiger charge is 2.27. The van der Waals surface area contributed by atoms with E-state index in [1.807, 2.05) is 4.98 Å². The Labute approximate surface area is 124 Å². The zero-order valence-electron chi connectivity index (χ0n) is 11.7. The van der Waals surface area contributed by atoms with Gasteiger partial charge in [-0.2, -0.15) is 0 Å². The summed E-state index contributed by atoms with van der Waals surface area (Å²) in [4.78, 5) is 26.0. The van der Waals surface area contributed by atoms with Crippen LogP contribution in [0.3, 0.4) is 0 Å². The topological polar surface area (TPSA) is 138 Å². The Morgan fingerprint density at radius 2 is 2.18 bits per heavy atom. The molecule has 0 radical (unpaired) electrons. The van der Waals surface area contributed by atoms with E-state index in [9.17, 15) is 18.0 Å². The first-order valence-corrected chi connectivity index (χ1v) is 8.17. The summed E-state index contributed by atoms with van der Waals surface area (Å²) in [5.74, 6) is 0.416. The molecule has 10 heteroatoms. The lowest BCUT2D eigenvalue weighted by atomic mass is 9.89. The molecule has 9 nitrogen and oxygen atoms in total. The number of fused-ring (bicyclic) bond motifs is 1.